The fourth-order valence-corrected chi connectivity index (χ4v) is 3.57. The average Bonchev–Trinajstić information content (AvgIpc) is 2.67. The minimum atomic E-state index is -0.361. The average molecular weight is 387 g/mol. The molecule has 6 heteroatoms. The second-order valence-corrected chi connectivity index (χ2v) is 7.28. The second-order valence-electron chi connectivity index (χ2n) is 6.87. The Kier molecular flexibility index (Phi) is 6.01. The number of piperidine rings is 1. The number of primary amides is 1. The Hall–Kier alpha value is -2.53. The van der Waals surface area contributed by atoms with Crippen LogP contribution >= 0.6 is 11.6 Å². The van der Waals surface area contributed by atoms with Gasteiger partial charge in [0.1, 0.15) is 5.75 Å². The third-order valence-electron chi connectivity index (χ3n) is 4.99. The zero-order chi connectivity index (χ0) is 19.4. The lowest BCUT2D eigenvalue weighted by atomic mass is 9.93. The van der Waals surface area contributed by atoms with Crippen molar-refractivity contribution in [3.63, 3.8) is 0 Å². The minimum Gasteiger partial charge on any atom is -0.482 e. The highest BCUT2D eigenvalue weighted by molar-refractivity contribution is 6.32. The Morgan fingerprint density at radius 3 is 2.56 bits per heavy atom. The Morgan fingerprint density at radius 2 is 1.89 bits per heavy atom. The van der Waals surface area contributed by atoms with E-state index in [2.05, 4.69) is 0 Å². The number of hydrogen-bond donors (Lipinski definition) is 1. The third-order valence-corrected chi connectivity index (χ3v) is 5.29. The number of carbonyl (C=O) groups excluding carboxylic acids is 2. The van der Waals surface area contributed by atoms with Gasteiger partial charge in [-0.25, -0.2) is 0 Å². The van der Waals surface area contributed by atoms with Crippen LogP contribution in [0.2, 0.25) is 5.02 Å². The van der Waals surface area contributed by atoms with Gasteiger partial charge in [0.2, 0.25) is 5.91 Å². The standard InChI is InChI=1S/C21H23ClN2O3/c1-14-7-8-17(21(23)26)12-24(14)20(25)13-27-19-10-9-16(11-18(19)22)15-5-3-2-4-6-15/h2-6,9-11,14,17H,7-8,12-13H2,1H3,(H2,23,26). The van der Waals surface area contributed by atoms with Crippen molar-refractivity contribution < 1.29 is 14.3 Å². The van der Waals surface area contributed by atoms with E-state index in [-0.39, 0.29) is 30.4 Å². The first-order chi connectivity index (χ1) is 13.0. The molecule has 1 saturated heterocycles. The fourth-order valence-electron chi connectivity index (χ4n) is 3.34. The van der Waals surface area contributed by atoms with Gasteiger partial charge in [-0.3, -0.25) is 9.59 Å². The normalized spacial score (nSPS) is 19.6. The van der Waals surface area contributed by atoms with Gasteiger partial charge >= 0.3 is 0 Å². The molecule has 2 unspecified atom stereocenters. The third kappa shape index (κ3) is 4.61. The number of nitrogens with zero attached hydrogens (tertiary/aromatic N) is 1. The van der Waals surface area contributed by atoms with Crippen molar-refractivity contribution in [3.8, 4) is 16.9 Å². The van der Waals surface area contributed by atoms with Crippen LogP contribution in [0.4, 0.5) is 0 Å². The summed E-state index contributed by atoms with van der Waals surface area (Å²) < 4.78 is 5.65. The molecule has 2 amide bonds. The minimum absolute atomic E-state index is 0.0626. The topological polar surface area (TPSA) is 72.6 Å². The number of carbonyl (C=O) groups is 2. The van der Waals surface area contributed by atoms with Crippen LogP contribution in [0.1, 0.15) is 19.8 Å². The molecule has 0 saturated carbocycles. The van der Waals surface area contributed by atoms with Crippen molar-refractivity contribution in [2.45, 2.75) is 25.8 Å². The Bertz CT molecular complexity index is 825. The van der Waals surface area contributed by atoms with Gasteiger partial charge in [-0.05, 0) is 43.0 Å². The van der Waals surface area contributed by atoms with E-state index in [9.17, 15) is 9.59 Å². The Balaban J connectivity index is 1.64. The summed E-state index contributed by atoms with van der Waals surface area (Å²) in [6, 6.07) is 15.5. The molecule has 142 valence electrons. The molecule has 2 N–H and O–H groups in total. The van der Waals surface area contributed by atoms with Crippen molar-refractivity contribution in [1.29, 1.82) is 0 Å². The summed E-state index contributed by atoms with van der Waals surface area (Å²) in [5.74, 6) is -0.364. The molecule has 1 heterocycles. The molecular weight excluding hydrogens is 364 g/mol. The molecule has 5 nitrogen and oxygen atoms in total. The van der Waals surface area contributed by atoms with Crippen LogP contribution in [0.25, 0.3) is 11.1 Å². The van der Waals surface area contributed by atoms with Crippen LogP contribution in [-0.4, -0.2) is 35.9 Å². The van der Waals surface area contributed by atoms with Gasteiger partial charge in [-0.2, -0.15) is 0 Å². The van der Waals surface area contributed by atoms with Crippen molar-refractivity contribution in [1.82, 2.24) is 4.90 Å². The summed E-state index contributed by atoms with van der Waals surface area (Å²) in [6.07, 6.45) is 1.47. The van der Waals surface area contributed by atoms with Gasteiger partial charge in [0.05, 0.1) is 10.9 Å². The van der Waals surface area contributed by atoms with Crippen molar-refractivity contribution >= 4 is 23.4 Å². The maximum atomic E-state index is 12.6. The first-order valence-corrected chi connectivity index (χ1v) is 9.40. The van der Waals surface area contributed by atoms with Crippen LogP contribution in [0.3, 0.4) is 0 Å². The molecule has 2 atom stereocenters. The largest absolute Gasteiger partial charge is 0.482 e. The molecule has 0 radical (unpaired) electrons. The lowest BCUT2D eigenvalue weighted by molar-refractivity contribution is -0.139. The predicted octanol–water partition coefficient (Wildman–Crippen LogP) is 3.50. The SMILES string of the molecule is CC1CCC(C(N)=O)CN1C(=O)COc1ccc(-c2ccccc2)cc1Cl. The molecule has 0 aromatic heterocycles. The summed E-state index contributed by atoms with van der Waals surface area (Å²) in [6.45, 7) is 2.19. The van der Waals surface area contributed by atoms with Gasteiger partial charge in [0.25, 0.3) is 5.91 Å². The van der Waals surface area contributed by atoms with Crippen molar-refractivity contribution in [2.75, 3.05) is 13.2 Å². The molecule has 0 bridgehead atoms. The van der Waals surface area contributed by atoms with E-state index in [4.69, 9.17) is 22.1 Å². The van der Waals surface area contributed by atoms with E-state index in [1.54, 1.807) is 11.0 Å². The van der Waals surface area contributed by atoms with Gasteiger partial charge in [-0.1, -0.05) is 48.0 Å². The molecule has 1 aliphatic heterocycles. The number of benzene rings is 2. The number of halogens is 1. The maximum absolute atomic E-state index is 12.6. The van der Waals surface area contributed by atoms with Gasteiger partial charge < -0.3 is 15.4 Å². The first-order valence-electron chi connectivity index (χ1n) is 9.02. The Morgan fingerprint density at radius 1 is 1.15 bits per heavy atom. The number of hydrogen-bond acceptors (Lipinski definition) is 3. The highest BCUT2D eigenvalue weighted by atomic mass is 35.5. The number of nitrogens with two attached hydrogens (primary N) is 1. The van der Waals surface area contributed by atoms with Crippen LogP contribution in [0.5, 0.6) is 5.75 Å². The number of ether oxygens (including phenoxy) is 1. The van der Waals surface area contributed by atoms with Crippen LogP contribution in [0.15, 0.2) is 48.5 Å². The van der Waals surface area contributed by atoms with Crippen molar-refractivity contribution in [3.05, 3.63) is 53.6 Å². The molecular formula is C21H23ClN2O3. The molecule has 0 aliphatic carbocycles. The summed E-state index contributed by atoms with van der Waals surface area (Å²) in [4.78, 5) is 25.7. The van der Waals surface area contributed by atoms with E-state index >= 15 is 0 Å². The molecule has 2 aromatic rings. The summed E-state index contributed by atoms with van der Waals surface area (Å²) >= 11 is 6.33. The van der Waals surface area contributed by atoms with Crippen LogP contribution in [-0.2, 0) is 9.59 Å². The highest BCUT2D eigenvalue weighted by Crippen LogP contribution is 2.30. The highest BCUT2D eigenvalue weighted by Gasteiger charge is 2.31. The second kappa shape index (κ2) is 8.44. The van der Waals surface area contributed by atoms with E-state index < -0.39 is 0 Å². The first kappa shape index (κ1) is 19.2. The molecule has 27 heavy (non-hydrogen) atoms. The number of amides is 2. The molecule has 2 aromatic carbocycles. The molecule has 3 rings (SSSR count). The van der Waals surface area contributed by atoms with Crippen molar-refractivity contribution in [2.24, 2.45) is 11.7 Å². The summed E-state index contributed by atoms with van der Waals surface area (Å²) in [5.41, 5.74) is 7.43. The van der Waals surface area contributed by atoms with Crippen LogP contribution in [0, 0.1) is 5.92 Å². The van der Waals surface area contributed by atoms with Gasteiger partial charge in [0.15, 0.2) is 6.61 Å². The molecule has 0 spiro atoms. The Labute approximate surface area is 164 Å². The van der Waals surface area contributed by atoms with Crippen LogP contribution < -0.4 is 10.5 Å². The van der Waals surface area contributed by atoms with E-state index in [1.807, 2.05) is 49.4 Å². The fraction of sp³-hybridized carbons (Fsp3) is 0.333. The lowest BCUT2D eigenvalue weighted by Crippen LogP contribution is -2.50. The predicted molar refractivity (Wildman–Crippen MR) is 105 cm³/mol. The quantitative estimate of drug-likeness (QED) is 0.854. The van der Waals surface area contributed by atoms with E-state index in [0.717, 1.165) is 17.5 Å². The van der Waals surface area contributed by atoms with Gasteiger partial charge in [-0.15, -0.1) is 0 Å². The van der Waals surface area contributed by atoms with E-state index in [1.165, 1.54) is 0 Å². The zero-order valence-corrected chi connectivity index (χ0v) is 16.0. The number of rotatable bonds is 5. The summed E-state index contributed by atoms with van der Waals surface area (Å²) in [7, 11) is 0. The maximum Gasteiger partial charge on any atom is 0.260 e. The summed E-state index contributed by atoms with van der Waals surface area (Å²) in [5, 5.41) is 0.450. The zero-order valence-electron chi connectivity index (χ0n) is 15.2. The van der Waals surface area contributed by atoms with E-state index in [0.29, 0.717) is 23.7 Å². The van der Waals surface area contributed by atoms with Gasteiger partial charge in [0, 0.05) is 12.6 Å². The monoisotopic (exact) mass is 386 g/mol. The smallest absolute Gasteiger partial charge is 0.260 e. The molecule has 1 aliphatic rings. The lowest BCUT2D eigenvalue weighted by Gasteiger charge is -2.36. The number of likely N-dealkylation sites (tertiary alicyclic amines) is 1. The molecule has 1 fully saturated rings.